The summed E-state index contributed by atoms with van der Waals surface area (Å²) in [5.74, 6) is 0. The van der Waals surface area contributed by atoms with E-state index in [1.54, 1.807) is 0 Å². The maximum Gasteiger partial charge on any atom is 0.394 e. The van der Waals surface area contributed by atoms with Crippen LogP contribution in [0.1, 0.15) is 0 Å². The van der Waals surface area contributed by atoms with E-state index in [0.29, 0.717) is 0 Å². The van der Waals surface area contributed by atoms with Crippen LogP contribution in [0.3, 0.4) is 0 Å². The van der Waals surface area contributed by atoms with Crippen LogP contribution in [0, 0.1) is 0 Å². The van der Waals surface area contributed by atoms with Crippen LogP contribution < -0.4 is 0 Å². The summed E-state index contributed by atoms with van der Waals surface area (Å²) in [5.41, 5.74) is 0. The van der Waals surface area contributed by atoms with Crippen LogP contribution in [0.2, 0.25) is 0 Å². The fourth-order valence-corrected chi connectivity index (χ4v) is 0. The molecule has 0 bridgehead atoms. The molecule has 0 saturated heterocycles. The Hall–Kier alpha value is 5.58. The molecule has 0 fully saturated rings. The summed E-state index contributed by atoms with van der Waals surface area (Å²) in [4.78, 5) is 0. The first kappa shape index (κ1) is 97.2. The SMILES string of the molecule is O=S(=O)(O)O.O=S(=O)(O)O.O=S(=O)(O)O.O=S(=O)(O)O.O=S(=O)(O)O.[Zn].[Zn].[Zn].[Zn].[Zn].[Zn].[Zn].[Zn].[Zn].[Zn]. The molecule has 35 heteroatoms. The van der Waals surface area contributed by atoms with E-state index >= 15 is 0 Å². The van der Waals surface area contributed by atoms with E-state index in [2.05, 4.69) is 0 Å². The summed E-state index contributed by atoms with van der Waals surface area (Å²) in [6.45, 7) is 0. The molecule has 0 heterocycles. The minimum atomic E-state index is -4.67. The molecule has 20 nitrogen and oxygen atoms in total. The van der Waals surface area contributed by atoms with Gasteiger partial charge in [0.1, 0.15) is 0 Å². The molecule has 0 unspecified atom stereocenters. The molecule has 0 aromatic heterocycles. The van der Waals surface area contributed by atoms with Gasteiger partial charge in [0, 0.05) is 195 Å². The van der Waals surface area contributed by atoms with Crippen molar-refractivity contribution in [1.29, 1.82) is 0 Å². The van der Waals surface area contributed by atoms with Gasteiger partial charge in [-0.25, -0.2) is 0 Å². The molecule has 180 valence electrons. The number of hydrogen-bond donors (Lipinski definition) is 10. The van der Waals surface area contributed by atoms with Crippen molar-refractivity contribution in [3.05, 3.63) is 0 Å². The largest absolute Gasteiger partial charge is 0.394 e. The summed E-state index contributed by atoms with van der Waals surface area (Å²) < 4.78 is 158. The fraction of sp³-hybridized carbons (Fsp3) is 0. The van der Waals surface area contributed by atoms with Crippen molar-refractivity contribution >= 4 is 52.0 Å². The van der Waals surface area contributed by atoms with Gasteiger partial charge in [-0.05, 0) is 0 Å². The summed E-state index contributed by atoms with van der Waals surface area (Å²) in [5, 5.41) is 0. The van der Waals surface area contributed by atoms with E-state index in [1.807, 2.05) is 0 Å². The van der Waals surface area contributed by atoms with E-state index in [0.717, 1.165) is 0 Å². The second-order valence-corrected chi connectivity index (χ2v) is 6.72. The van der Waals surface area contributed by atoms with Crippen LogP contribution in [0.4, 0.5) is 0 Å². The standard InChI is InChI=1S/5H2O4S.10Zn/c5*1-5(2,3)4;;;;;;;;;;/h5*(H2,1,2,3,4);;;;;;;;;;. The first-order chi connectivity index (χ1) is 10.0. The zero-order valence-electron chi connectivity index (χ0n) is 17.7. The van der Waals surface area contributed by atoms with Crippen molar-refractivity contribution < 1.29 is 282 Å². The fourth-order valence-electron chi connectivity index (χ4n) is 0. The number of hydrogen-bond acceptors (Lipinski definition) is 10. The summed E-state index contributed by atoms with van der Waals surface area (Å²) in [7, 11) is -23.3. The normalized spacial score (nSPS) is 8.29. The van der Waals surface area contributed by atoms with Crippen molar-refractivity contribution in [2.24, 2.45) is 0 Å². The van der Waals surface area contributed by atoms with E-state index in [-0.39, 0.29) is 195 Å². The number of rotatable bonds is 0. The maximum atomic E-state index is 8.74. The smallest absolute Gasteiger partial charge is 0.264 e. The van der Waals surface area contributed by atoms with Crippen molar-refractivity contribution in [2.75, 3.05) is 0 Å². The van der Waals surface area contributed by atoms with E-state index in [9.17, 15) is 0 Å². The van der Waals surface area contributed by atoms with Crippen molar-refractivity contribution in [3.8, 4) is 0 Å². The Bertz CT molecular complexity index is 638. The minimum Gasteiger partial charge on any atom is -0.264 e. The predicted molar refractivity (Wildman–Crippen MR) is 70.9 cm³/mol. The molecule has 0 spiro atoms. The van der Waals surface area contributed by atoms with Crippen molar-refractivity contribution in [2.45, 2.75) is 0 Å². The molecule has 0 aromatic rings. The summed E-state index contributed by atoms with van der Waals surface area (Å²) in [6.07, 6.45) is 0. The van der Waals surface area contributed by atoms with Gasteiger partial charge in [-0.15, -0.1) is 0 Å². The van der Waals surface area contributed by atoms with Gasteiger partial charge in [0.2, 0.25) is 0 Å². The molecule has 0 radical (unpaired) electrons. The van der Waals surface area contributed by atoms with Gasteiger partial charge >= 0.3 is 52.0 Å². The van der Waals surface area contributed by atoms with Crippen LogP contribution in [-0.4, -0.2) is 87.6 Å². The molecule has 0 aliphatic carbocycles. The van der Waals surface area contributed by atoms with Crippen LogP contribution in [0.25, 0.3) is 0 Å². The Morgan fingerprint density at radius 2 is 0.200 bits per heavy atom. The second kappa shape index (κ2) is 46.5. The van der Waals surface area contributed by atoms with Crippen LogP contribution in [-0.2, 0) is 247 Å². The third-order valence-electron chi connectivity index (χ3n) is 0. The van der Waals surface area contributed by atoms with E-state index in [4.69, 9.17) is 87.6 Å². The first-order valence-electron chi connectivity index (χ1n) is 3.49. The first-order valence-corrected chi connectivity index (χ1v) is 10.5. The van der Waals surface area contributed by atoms with E-state index in [1.165, 1.54) is 0 Å². The Labute approximate surface area is 328 Å². The zero-order valence-corrected chi connectivity index (χ0v) is 51.4. The van der Waals surface area contributed by atoms with Gasteiger partial charge in [-0.2, -0.15) is 42.1 Å². The van der Waals surface area contributed by atoms with Crippen LogP contribution in [0.15, 0.2) is 0 Å². The van der Waals surface area contributed by atoms with Gasteiger partial charge < -0.3 is 0 Å². The van der Waals surface area contributed by atoms with Gasteiger partial charge in [-0.3, -0.25) is 45.5 Å². The predicted octanol–water partition coefficient (Wildman–Crippen LogP) is -3.29. The summed E-state index contributed by atoms with van der Waals surface area (Å²) in [6, 6.07) is 0. The molecule has 0 aliphatic rings. The molecule has 0 aliphatic heterocycles. The second-order valence-electron chi connectivity index (χ2n) is 2.24. The molecule has 35 heavy (non-hydrogen) atoms. The third kappa shape index (κ3) is 1790. The zero-order chi connectivity index (χ0) is 22.5. The monoisotopic (exact) mass is 1130 g/mol. The minimum absolute atomic E-state index is 0. The summed E-state index contributed by atoms with van der Waals surface area (Å²) >= 11 is 0. The Morgan fingerprint density at radius 3 is 0.200 bits per heavy atom. The molecule has 0 saturated carbocycles. The van der Waals surface area contributed by atoms with E-state index < -0.39 is 52.0 Å². The Balaban J connectivity index is -0.0000000103. The van der Waals surface area contributed by atoms with Gasteiger partial charge in [-0.1, -0.05) is 0 Å². The van der Waals surface area contributed by atoms with Crippen molar-refractivity contribution in [3.63, 3.8) is 0 Å². The van der Waals surface area contributed by atoms with Crippen LogP contribution in [0.5, 0.6) is 0 Å². The van der Waals surface area contributed by atoms with Crippen LogP contribution >= 0.6 is 0 Å². The molecule has 0 aromatic carbocycles. The Morgan fingerprint density at radius 1 is 0.200 bits per heavy atom. The molecule has 0 atom stereocenters. The molecule has 0 amide bonds. The topological polar surface area (TPSA) is 373 Å². The molecule has 10 N–H and O–H groups in total. The molecular formula is H10O20S5Zn10. The average Bonchev–Trinajstić information content (AvgIpc) is 1.79. The Kier molecular flexibility index (Phi) is 129. The third-order valence-corrected chi connectivity index (χ3v) is 0. The van der Waals surface area contributed by atoms with Gasteiger partial charge in [0.15, 0.2) is 0 Å². The average molecular weight is 1140 g/mol. The molecular weight excluding hydrogens is 1130 g/mol. The quantitative estimate of drug-likeness (QED) is 0.0839. The van der Waals surface area contributed by atoms with Crippen molar-refractivity contribution in [1.82, 2.24) is 0 Å². The maximum absolute atomic E-state index is 8.74. The van der Waals surface area contributed by atoms with Gasteiger partial charge in [0.25, 0.3) is 0 Å². The molecule has 0 rings (SSSR count). The van der Waals surface area contributed by atoms with Gasteiger partial charge in [0.05, 0.1) is 0 Å².